The number of terminal acetylenes is 1. The zero-order chi connectivity index (χ0) is 13.8. The van der Waals surface area contributed by atoms with Gasteiger partial charge in [0, 0.05) is 5.41 Å². The third kappa shape index (κ3) is 3.59. The van der Waals surface area contributed by atoms with Crippen molar-refractivity contribution >= 4 is 5.91 Å². The normalized spacial score (nSPS) is 12.8. The summed E-state index contributed by atoms with van der Waals surface area (Å²) in [6, 6.07) is -0.265. The molecule has 0 fully saturated rings. The minimum atomic E-state index is -0.335. The van der Waals surface area contributed by atoms with E-state index in [1.54, 1.807) is 0 Å². The first-order chi connectivity index (χ1) is 8.38. The highest BCUT2D eigenvalue weighted by atomic mass is 16.2. The molecule has 0 saturated heterocycles. The topological polar surface area (TPSA) is 70.7 Å². The van der Waals surface area contributed by atoms with Gasteiger partial charge in [-0.25, -0.2) is 4.98 Å². The number of amides is 1. The van der Waals surface area contributed by atoms with Gasteiger partial charge >= 0.3 is 0 Å². The van der Waals surface area contributed by atoms with Crippen molar-refractivity contribution in [2.45, 2.75) is 52.0 Å². The van der Waals surface area contributed by atoms with Gasteiger partial charge in [-0.05, 0) is 6.42 Å². The first-order valence-electron chi connectivity index (χ1n) is 6.08. The lowest BCUT2D eigenvalue weighted by atomic mass is 9.96. The summed E-state index contributed by atoms with van der Waals surface area (Å²) in [7, 11) is 0. The molecule has 2 N–H and O–H groups in total. The van der Waals surface area contributed by atoms with Crippen LogP contribution in [0.25, 0.3) is 0 Å². The van der Waals surface area contributed by atoms with E-state index in [0.29, 0.717) is 5.82 Å². The molecular formula is C13H20N4O. The highest BCUT2D eigenvalue weighted by Crippen LogP contribution is 2.17. The number of rotatable bonds is 4. The number of aromatic nitrogens is 3. The smallest absolute Gasteiger partial charge is 0.291 e. The molecule has 0 aliphatic heterocycles. The Labute approximate surface area is 108 Å². The molecular weight excluding hydrogens is 228 g/mol. The van der Waals surface area contributed by atoms with E-state index in [4.69, 9.17) is 6.42 Å². The van der Waals surface area contributed by atoms with Gasteiger partial charge in [-0.1, -0.05) is 40.0 Å². The Bertz CT molecular complexity index is 450. The number of carbonyl (C=O) groups is 1. The van der Waals surface area contributed by atoms with E-state index in [-0.39, 0.29) is 23.2 Å². The number of hydrogen-bond donors (Lipinski definition) is 2. The maximum Gasteiger partial charge on any atom is 0.291 e. The number of aromatic amines is 1. The number of carbonyl (C=O) groups excluding carboxylic acids is 1. The zero-order valence-electron chi connectivity index (χ0n) is 11.4. The van der Waals surface area contributed by atoms with E-state index in [9.17, 15) is 4.79 Å². The molecule has 1 aromatic rings. The molecule has 0 spiro atoms. The van der Waals surface area contributed by atoms with E-state index in [1.165, 1.54) is 0 Å². The summed E-state index contributed by atoms with van der Waals surface area (Å²) in [5.41, 5.74) is -0.166. The fraction of sp³-hybridized carbons (Fsp3) is 0.615. The van der Waals surface area contributed by atoms with Gasteiger partial charge in [-0.15, -0.1) is 11.5 Å². The molecule has 1 heterocycles. The number of nitrogens with zero attached hydrogens (tertiary/aromatic N) is 2. The van der Waals surface area contributed by atoms with Gasteiger partial charge in [-0.2, -0.15) is 0 Å². The van der Waals surface area contributed by atoms with Crippen molar-refractivity contribution in [2.75, 3.05) is 0 Å². The van der Waals surface area contributed by atoms with Crippen molar-refractivity contribution in [1.82, 2.24) is 20.5 Å². The van der Waals surface area contributed by atoms with Crippen LogP contribution in [0.2, 0.25) is 0 Å². The van der Waals surface area contributed by atoms with Crippen LogP contribution in [0.15, 0.2) is 0 Å². The van der Waals surface area contributed by atoms with E-state index in [1.807, 2.05) is 27.7 Å². The first-order valence-corrected chi connectivity index (χ1v) is 6.08. The predicted octanol–water partition coefficient (Wildman–Crippen LogP) is 1.63. The average Bonchev–Trinajstić information content (AvgIpc) is 2.77. The van der Waals surface area contributed by atoms with Crippen LogP contribution in [0.3, 0.4) is 0 Å². The lowest BCUT2D eigenvalue weighted by Gasteiger charge is -2.13. The number of nitrogens with one attached hydrogen (secondary N) is 2. The highest BCUT2D eigenvalue weighted by molar-refractivity contribution is 5.90. The van der Waals surface area contributed by atoms with Crippen molar-refractivity contribution in [3.8, 4) is 12.3 Å². The first kappa shape index (κ1) is 14.2. The number of H-pyrrole nitrogens is 1. The van der Waals surface area contributed by atoms with Crippen molar-refractivity contribution in [2.24, 2.45) is 0 Å². The van der Waals surface area contributed by atoms with Gasteiger partial charge in [0.2, 0.25) is 5.82 Å². The monoisotopic (exact) mass is 248 g/mol. The number of hydrogen-bond acceptors (Lipinski definition) is 3. The lowest BCUT2D eigenvalue weighted by molar-refractivity contribution is 0.0934. The van der Waals surface area contributed by atoms with E-state index in [0.717, 1.165) is 12.8 Å². The molecule has 5 heteroatoms. The minimum Gasteiger partial charge on any atom is -0.336 e. The maximum absolute atomic E-state index is 11.9. The molecule has 1 atom stereocenters. The molecule has 0 bridgehead atoms. The molecule has 1 amide bonds. The second-order valence-corrected chi connectivity index (χ2v) is 5.24. The molecule has 98 valence electrons. The van der Waals surface area contributed by atoms with Gasteiger partial charge in [0.25, 0.3) is 5.91 Å². The van der Waals surface area contributed by atoms with Gasteiger partial charge < -0.3 is 5.32 Å². The van der Waals surface area contributed by atoms with Crippen LogP contribution in [-0.4, -0.2) is 27.1 Å². The maximum atomic E-state index is 11.9. The van der Waals surface area contributed by atoms with Crippen LogP contribution < -0.4 is 5.32 Å². The molecule has 0 radical (unpaired) electrons. The molecule has 5 nitrogen and oxygen atoms in total. The van der Waals surface area contributed by atoms with Crippen molar-refractivity contribution in [3.63, 3.8) is 0 Å². The van der Waals surface area contributed by atoms with Gasteiger partial charge in [-0.3, -0.25) is 9.89 Å². The summed E-state index contributed by atoms with van der Waals surface area (Å²) >= 11 is 0. The lowest BCUT2D eigenvalue weighted by Crippen LogP contribution is -2.34. The highest BCUT2D eigenvalue weighted by Gasteiger charge is 2.22. The fourth-order valence-electron chi connectivity index (χ4n) is 1.41. The van der Waals surface area contributed by atoms with Crippen molar-refractivity contribution in [1.29, 1.82) is 0 Å². The molecule has 1 unspecified atom stereocenters. The predicted molar refractivity (Wildman–Crippen MR) is 70.1 cm³/mol. The van der Waals surface area contributed by atoms with Crippen LogP contribution >= 0.6 is 0 Å². The Morgan fingerprint density at radius 1 is 1.56 bits per heavy atom. The average molecular weight is 248 g/mol. The van der Waals surface area contributed by atoms with E-state index in [2.05, 4.69) is 26.4 Å². The summed E-state index contributed by atoms with van der Waals surface area (Å²) in [4.78, 5) is 16.1. The standard InChI is InChI=1S/C13H20N4O/c1-6-8-9(7-2)14-11(18)10-15-12(17-16-10)13(3,4)5/h2,9H,6,8H2,1,3-5H3,(H,14,18)(H,15,16,17). The van der Waals surface area contributed by atoms with Crippen LogP contribution in [0, 0.1) is 12.3 Å². The minimum absolute atomic E-state index is 0.135. The molecule has 1 rings (SSSR count). The molecule has 0 aromatic carbocycles. The van der Waals surface area contributed by atoms with E-state index >= 15 is 0 Å². The summed E-state index contributed by atoms with van der Waals surface area (Å²) in [6.45, 7) is 8.00. The third-order valence-electron chi connectivity index (χ3n) is 2.48. The van der Waals surface area contributed by atoms with Crippen LogP contribution in [-0.2, 0) is 5.41 Å². The molecule has 0 saturated carbocycles. The Kier molecular flexibility index (Phi) is 4.49. The van der Waals surface area contributed by atoms with Crippen LogP contribution in [0.4, 0.5) is 0 Å². The summed E-state index contributed by atoms with van der Waals surface area (Å²) in [5, 5.41) is 9.42. The summed E-state index contributed by atoms with van der Waals surface area (Å²) in [5.74, 6) is 3.02. The Morgan fingerprint density at radius 3 is 2.67 bits per heavy atom. The fourth-order valence-corrected chi connectivity index (χ4v) is 1.41. The third-order valence-corrected chi connectivity index (χ3v) is 2.48. The second-order valence-electron chi connectivity index (χ2n) is 5.24. The second kappa shape index (κ2) is 5.67. The quantitative estimate of drug-likeness (QED) is 0.796. The Balaban J connectivity index is 2.74. The largest absolute Gasteiger partial charge is 0.336 e. The van der Waals surface area contributed by atoms with Crippen LogP contribution in [0.5, 0.6) is 0 Å². The summed E-state index contributed by atoms with van der Waals surface area (Å²) < 4.78 is 0. The van der Waals surface area contributed by atoms with Crippen molar-refractivity contribution in [3.05, 3.63) is 11.6 Å². The zero-order valence-corrected chi connectivity index (χ0v) is 11.4. The molecule has 0 aliphatic carbocycles. The van der Waals surface area contributed by atoms with Crippen LogP contribution in [0.1, 0.15) is 57.0 Å². The van der Waals surface area contributed by atoms with Gasteiger partial charge in [0.15, 0.2) is 0 Å². The molecule has 18 heavy (non-hydrogen) atoms. The summed E-state index contributed by atoms with van der Waals surface area (Å²) in [6.07, 6.45) is 7.01. The molecule has 1 aromatic heterocycles. The van der Waals surface area contributed by atoms with Gasteiger partial charge in [0.05, 0.1) is 6.04 Å². The Morgan fingerprint density at radius 2 is 2.22 bits per heavy atom. The van der Waals surface area contributed by atoms with E-state index < -0.39 is 0 Å². The van der Waals surface area contributed by atoms with Gasteiger partial charge in [0.1, 0.15) is 5.82 Å². The molecule has 0 aliphatic rings. The Hall–Kier alpha value is -1.83. The SMILES string of the molecule is C#CC(CCC)NC(=O)c1n[nH]c(C(C)(C)C)n1. The van der Waals surface area contributed by atoms with Crippen molar-refractivity contribution < 1.29 is 4.79 Å².